The fourth-order valence-electron chi connectivity index (χ4n) is 0.358. The normalized spacial score (nSPS) is 8.90. The van der Waals surface area contributed by atoms with Crippen LogP contribution in [0.25, 0.3) is 0 Å². The van der Waals surface area contributed by atoms with Crippen LogP contribution >= 0.6 is 24.0 Å². The van der Waals surface area contributed by atoms with Crippen molar-refractivity contribution in [2.45, 2.75) is 0 Å². The summed E-state index contributed by atoms with van der Waals surface area (Å²) in [6.07, 6.45) is 1.77. The first-order valence-corrected chi connectivity index (χ1v) is 4.42. The van der Waals surface area contributed by atoms with E-state index < -0.39 is 0 Å². The summed E-state index contributed by atoms with van der Waals surface area (Å²) in [7, 11) is 0. The van der Waals surface area contributed by atoms with E-state index >= 15 is 0 Å². The quantitative estimate of drug-likeness (QED) is 0.489. The Labute approximate surface area is 71.2 Å². The van der Waals surface area contributed by atoms with Crippen LogP contribution in [0, 0.1) is 0 Å². The van der Waals surface area contributed by atoms with Gasteiger partial charge in [-0.15, -0.1) is 6.58 Å². The molecule has 0 saturated heterocycles. The van der Waals surface area contributed by atoms with Crippen molar-refractivity contribution < 1.29 is 0 Å². The summed E-state index contributed by atoms with van der Waals surface area (Å²) in [4.78, 5) is 0. The van der Waals surface area contributed by atoms with Gasteiger partial charge in [-0.2, -0.15) is 0 Å². The highest BCUT2D eigenvalue weighted by Crippen LogP contribution is 1.98. The van der Waals surface area contributed by atoms with Crippen LogP contribution < -0.4 is 11.1 Å². The molecule has 4 heteroatoms. The lowest BCUT2D eigenvalue weighted by molar-refractivity contribution is 1.08. The maximum absolute atomic E-state index is 5.28. The molecule has 0 aromatic heterocycles. The average Bonchev–Trinajstić information content (AvgIpc) is 1.97. The van der Waals surface area contributed by atoms with Gasteiger partial charge < -0.3 is 11.1 Å². The first-order chi connectivity index (χ1) is 4.81. The van der Waals surface area contributed by atoms with E-state index in [0.717, 1.165) is 16.6 Å². The summed E-state index contributed by atoms with van der Waals surface area (Å²) in [6.45, 7) is 4.96. The number of hydrogen-bond donors (Lipinski definition) is 2. The lowest BCUT2D eigenvalue weighted by Crippen LogP contribution is -2.19. The minimum Gasteiger partial charge on any atom is -0.368 e. The third kappa shape index (κ3) is 6.07. The number of thiocarbonyl (C=S) groups is 1. The molecule has 0 aliphatic carbocycles. The fourth-order valence-corrected chi connectivity index (χ4v) is 1.18. The molecule has 0 aliphatic heterocycles. The van der Waals surface area contributed by atoms with Crippen molar-refractivity contribution in [1.29, 1.82) is 0 Å². The van der Waals surface area contributed by atoms with E-state index in [1.165, 1.54) is 0 Å². The third-order valence-electron chi connectivity index (χ3n) is 0.742. The van der Waals surface area contributed by atoms with E-state index in [1.807, 2.05) is 0 Å². The molecule has 0 saturated carbocycles. The second-order valence-electron chi connectivity index (χ2n) is 1.59. The van der Waals surface area contributed by atoms with Crippen LogP contribution in [0.3, 0.4) is 0 Å². The van der Waals surface area contributed by atoms with Crippen molar-refractivity contribution in [3.05, 3.63) is 12.7 Å². The summed E-state index contributed by atoms with van der Waals surface area (Å²) in [5.41, 5.74) is 5.28. The van der Waals surface area contributed by atoms with E-state index in [2.05, 4.69) is 11.9 Å². The molecule has 0 spiro atoms. The van der Waals surface area contributed by atoms with Crippen molar-refractivity contribution >= 4 is 28.3 Å². The molecule has 0 heterocycles. The molecule has 0 aromatic rings. The SMILES string of the molecule is C=CCNC(=S)SCCN. The Bertz CT molecular complexity index is 114. The Morgan fingerprint density at radius 1 is 1.80 bits per heavy atom. The van der Waals surface area contributed by atoms with Crippen LogP contribution in [-0.4, -0.2) is 23.2 Å². The highest BCUT2D eigenvalue weighted by molar-refractivity contribution is 8.22. The Balaban J connectivity index is 3.16. The fraction of sp³-hybridized carbons (Fsp3) is 0.500. The molecule has 2 nitrogen and oxygen atoms in total. The molecule has 58 valence electrons. The second-order valence-corrected chi connectivity index (χ2v) is 3.37. The van der Waals surface area contributed by atoms with Gasteiger partial charge in [-0.25, -0.2) is 0 Å². The van der Waals surface area contributed by atoms with Gasteiger partial charge in [0.2, 0.25) is 0 Å². The van der Waals surface area contributed by atoms with Crippen molar-refractivity contribution in [2.75, 3.05) is 18.8 Å². The van der Waals surface area contributed by atoms with E-state index in [1.54, 1.807) is 17.8 Å². The van der Waals surface area contributed by atoms with Crippen molar-refractivity contribution in [3.8, 4) is 0 Å². The molecule has 0 aromatic carbocycles. The standard InChI is InChI=1S/C6H12N2S2/c1-2-4-8-6(9)10-5-3-7/h2H,1,3-5,7H2,(H,8,9). The first-order valence-electron chi connectivity index (χ1n) is 3.03. The largest absolute Gasteiger partial charge is 0.368 e. The number of nitrogens with two attached hydrogens (primary N) is 1. The van der Waals surface area contributed by atoms with Gasteiger partial charge >= 0.3 is 0 Å². The number of hydrogen-bond acceptors (Lipinski definition) is 3. The zero-order chi connectivity index (χ0) is 7.82. The van der Waals surface area contributed by atoms with Gasteiger partial charge in [-0.1, -0.05) is 30.1 Å². The predicted molar refractivity (Wildman–Crippen MR) is 52.3 cm³/mol. The van der Waals surface area contributed by atoms with Gasteiger partial charge in [0, 0.05) is 18.8 Å². The van der Waals surface area contributed by atoms with Crippen LogP contribution in [-0.2, 0) is 0 Å². The van der Waals surface area contributed by atoms with E-state index in [-0.39, 0.29) is 0 Å². The number of thioether (sulfide) groups is 1. The first kappa shape index (κ1) is 9.94. The van der Waals surface area contributed by atoms with Crippen molar-refractivity contribution in [3.63, 3.8) is 0 Å². The minimum absolute atomic E-state index is 0.667. The van der Waals surface area contributed by atoms with Crippen LogP contribution in [0.15, 0.2) is 12.7 Å². The Kier molecular flexibility index (Phi) is 7.01. The zero-order valence-electron chi connectivity index (χ0n) is 5.80. The molecule has 0 atom stereocenters. The maximum Gasteiger partial charge on any atom is 0.134 e. The van der Waals surface area contributed by atoms with Crippen molar-refractivity contribution in [2.24, 2.45) is 5.73 Å². The van der Waals surface area contributed by atoms with Crippen LogP contribution in [0.2, 0.25) is 0 Å². The molecular weight excluding hydrogens is 164 g/mol. The summed E-state index contributed by atoms with van der Waals surface area (Å²) < 4.78 is 0.797. The predicted octanol–water partition coefficient (Wildman–Crippen LogP) is 0.739. The smallest absolute Gasteiger partial charge is 0.134 e. The minimum atomic E-state index is 0.667. The van der Waals surface area contributed by atoms with Crippen LogP contribution in [0.1, 0.15) is 0 Å². The molecule has 0 amide bonds. The van der Waals surface area contributed by atoms with E-state index in [9.17, 15) is 0 Å². The molecule has 10 heavy (non-hydrogen) atoms. The summed E-state index contributed by atoms with van der Waals surface area (Å²) >= 11 is 6.50. The van der Waals surface area contributed by atoms with Crippen molar-refractivity contribution in [1.82, 2.24) is 5.32 Å². The third-order valence-corrected chi connectivity index (χ3v) is 2.09. The molecule has 0 aliphatic rings. The van der Waals surface area contributed by atoms with Gasteiger partial charge in [0.25, 0.3) is 0 Å². The summed E-state index contributed by atoms with van der Waals surface area (Å²) in [5.74, 6) is 0.878. The topological polar surface area (TPSA) is 38.0 Å². The van der Waals surface area contributed by atoms with E-state index in [4.69, 9.17) is 18.0 Å². The Hall–Kier alpha value is -0.0600. The Morgan fingerprint density at radius 3 is 3.00 bits per heavy atom. The van der Waals surface area contributed by atoms with Gasteiger partial charge in [0.1, 0.15) is 4.32 Å². The summed E-state index contributed by atoms with van der Waals surface area (Å²) in [5, 5.41) is 2.99. The van der Waals surface area contributed by atoms with Crippen LogP contribution in [0.5, 0.6) is 0 Å². The number of rotatable bonds is 4. The maximum atomic E-state index is 5.28. The summed E-state index contributed by atoms with van der Waals surface area (Å²) in [6, 6.07) is 0. The van der Waals surface area contributed by atoms with Gasteiger partial charge in [-0.3, -0.25) is 0 Å². The molecule has 0 rings (SSSR count). The average molecular weight is 176 g/mol. The molecular formula is C6H12N2S2. The van der Waals surface area contributed by atoms with Crippen LogP contribution in [0.4, 0.5) is 0 Å². The molecule has 0 unspecified atom stereocenters. The lowest BCUT2D eigenvalue weighted by atomic mass is 10.6. The highest BCUT2D eigenvalue weighted by Gasteiger charge is 1.91. The number of nitrogens with one attached hydrogen (secondary N) is 1. The second kappa shape index (κ2) is 7.05. The zero-order valence-corrected chi connectivity index (χ0v) is 7.43. The molecule has 0 fully saturated rings. The molecule has 3 N–H and O–H groups in total. The molecule has 0 radical (unpaired) electrons. The highest BCUT2D eigenvalue weighted by atomic mass is 32.2. The van der Waals surface area contributed by atoms with E-state index in [0.29, 0.717) is 6.54 Å². The van der Waals surface area contributed by atoms with Gasteiger partial charge in [0.05, 0.1) is 0 Å². The molecule has 0 bridgehead atoms. The lowest BCUT2D eigenvalue weighted by Gasteiger charge is -2.02. The van der Waals surface area contributed by atoms with Gasteiger partial charge in [0.15, 0.2) is 0 Å². The van der Waals surface area contributed by atoms with Gasteiger partial charge in [-0.05, 0) is 0 Å². The Morgan fingerprint density at radius 2 is 2.50 bits per heavy atom. The monoisotopic (exact) mass is 176 g/mol.